The van der Waals surface area contributed by atoms with E-state index in [-0.39, 0.29) is 6.10 Å². The van der Waals surface area contributed by atoms with Crippen LogP contribution in [0.5, 0.6) is 6.01 Å². The second-order valence-electron chi connectivity index (χ2n) is 4.68. The molecule has 2 rings (SSSR count). The molecule has 7 nitrogen and oxygen atoms in total. The first-order valence-corrected chi connectivity index (χ1v) is 7.39. The Hall–Kier alpha value is -1.28. The van der Waals surface area contributed by atoms with Crippen molar-refractivity contribution in [1.29, 1.82) is 0 Å². The van der Waals surface area contributed by atoms with E-state index >= 15 is 0 Å². The van der Waals surface area contributed by atoms with Gasteiger partial charge in [-0.2, -0.15) is 26.7 Å². The predicted molar refractivity (Wildman–Crippen MR) is 77.5 cm³/mol. The van der Waals surface area contributed by atoms with Gasteiger partial charge in [-0.1, -0.05) is 6.92 Å². The van der Waals surface area contributed by atoms with E-state index in [9.17, 15) is 0 Å². The molecule has 1 aromatic heterocycles. The van der Waals surface area contributed by atoms with E-state index in [1.807, 2.05) is 25.6 Å². The quantitative estimate of drug-likeness (QED) is 0.622. The maximum absolute atomic E-state index is 5.53. The van der Waals surface area contributed by atoms with E-state index in [0.717, 1.165) is 18.8 Å². The van der Waals surface area contributed by atoms with Crippen LogP contribution < -0.4 is 20.9 Å². The van der Waals surface area contributed by atoms with Gasteiger partial charge in [0, 0.05) is 24.1 Å². The van der Waals surface area contributed by atoms with E-state index < -0.39 is 0 Å². The summed E-state index contributed by atoms with van der Waals surface area (Å²) in [7, 11) is 0. The van der Waals surface area contributed by atoms with Crippen LogP contribution in [0.15, 0.2) is 0 Å². The van der Waals surface area contributed by atoms with Gasteiger partial charge in [0.05, 0.1) is 6.10 Å². The summed E-state index contributed by atoms with van der Waals surface area (Å²) in [6.45, 7) is 7.90. The van der Waals surface area contributed by atoms with E-state index in [1.54, 1.807) is 0 Å². The molecule has 0 aromatic carbocycles. The highest BCUT2D eigenvalue weighted by Gasteiger charge is 2.21. The summed E-state index contributed by atoms with van der Waals surface area (Å²) < 4.78 is 5.53. The lowest BCUT2D eigenvalue weighted by molar-refractivity contribution is 0.222. The summed E-state index contributed by atoms with van der Waals surface area (Å²) in [4.78, 5) is 14.9. The number of nitrogen functional groups attached to an aromatic ring is 1. The van der Waals surface area contributed by atoms with Gasteiger partial charge < -0.3 is 9.64 Å². The molecule has 1 aliphatic rings. The Morgan fingerprint density at radius 3 is 2.84 bits per heavy atom. The Morgan fingerprint density at radius 1 is 1.42 bits per heavy atom. The number of anilines is 2. The van der Waals surface area contributed by atoms with Crippen molar-refractivity contribution in [2.75, 3.05) is 29.2 Å². The van der Waals surface area contributed by atoms with Crippen molar-refractivity contribution in [2.24, 2.45) is 5.84 Å². The number of nitrogens with one attached hydrogen (secondary N) is 1. The minimum atomic E-state index is 0.0108. The van der Waals surface area contributed by atoms with Crippen LogP contribution in [0, 0.1) is 0 Å². The molecule has 1 fully saturated rings. The molecule has 1 unspecified atom stereocenters. The largest absolute Gasteiger partial charge is 0.461 e. The van der Waals surface area contributed by atoms with Crippen LogP contribution in [0.1, 0.15) is 20.8 Å². The highest BCUT2D eigenvalue weighted by molar-refractivity contribution is 8.00. The van der Waals surface area contributed by atoms with Crippen LogP contribution in [-0.4, -0.2) is 45.1 Å². The summed E-state index contributed by atoms with van der Waals surface area (Å²) >= 11 is 1.96. The van der Waals surface area contributed by atoms with E-state index in [2.05, 4.69) is 32.2 Å². The minimum Gasteiger partial charge on any atom is -0.461 e. The smallest absolute Gasteiger partial charge is 0.323 e. The van der Waals surface area contributed by atoms with Crippen molar-refractivity contribution in [3.05, 3.63) is 0 Å². The molecule has 0 radical (unpaired) electrons. The first-order chi connectivity index (χ1) is 9.08. The lowest BCUT2D eigenvalue weighted by Gasteiger charge is -2.30. The van der Waals surface area contributed by atoms with Crippen LogP contribution in [-0.2, 0) is 0 Å². The van der Waals surface area contributed by atoms with Crippen LogP contribution in [0.2, 0.25) is 0 Å². The average Bonchev–Trinajstić information content (AvgIpc) is 2.37. The number of hydrogen-bond acceptors (Lipinski definition) is 8. The van der Waals surface area contributed by atoms with Crippen molar-refractivity contribution >= 4 is 23.7 Å². The zero-order chi connectivity index (χ0) is 13.8. The highest BCUT2D eigenvalue weighted by Crippen LogP contribution is 2.23. The van der Waals surface area contributed by atoms with Crippen molar-refractivity contribution in [3.8, 4) is 6.01 Å². The molecule has 8 heteroatoms. The van der Waals surface area contributed by atoms with Crippen molar-refractivity contribution in [3.63, 3.8) is 0 Å². The molecule has 1 atom stereocenters. The molecule has 3 N–H and O–H groups in total. The standard InChI is InChI=1S/C11H20N6OS/c1-7(2)18-11-14-9(16-12)13-10(15-11)17-4-5-19-8(3)6-17/h7-8H,4-6,12H2,1-3H3,(H,13,14,15,16). The number of aromatic nitrogens is 3. The zero-order valence-electron chi connectivity index (χ0n) is 11.5. The van der Waals surface area contributed by atoms with Gasteiger partial charge in [-0.3, -0.25) is 5.43 Å². The van der Waals surface area contributed by atoms with Gasteiger partial charge in [0.2, 0.25) is 11.9 Å². The SMILES string of the molecule is CC(C)Oc1nc(NN)nc(N2CCSC(C)C2)n1. The molecule has 2 heterocycles. The van der Waals surface area contributed by atoms with Crippen molar-refractivity contribution < 1.29 is 4.74 Å². The second kappa shape index (κ2) is 6.25. The van der Waals surface area contributed by atoms with Gasteiger partial charge in [-0.05, 0) is 13.8 Å². The molecule has 106 valence electrons. The molecule has 1 aliphatic heterocycles. The normalized spacial score (nSPS) is 19.6. The van der Waals surface area contributed by atoms with Gasteiger partial charge in [-0.15, -0.1) is 0 Å². The number of ether oxygens (including phenoxy) is 1. The Balaban J connectivity index is 2.22. The van der Waals surface area contributed by atoms with E-state index in [4.69, 9.17) is 10.6 Å². The van der Waals surface area contributed by atoms with Gasteiger partial charge >= 0.3 is 6.01 Å². The number of thioether (sulfide) groups is 1. The maximum Gasteiger partial charge on any atom is 0.323 e. The summed E-state index contributed by atoms with van der Waals surface area (Å²) in [5.41, 5.74) is 2.46. The molecule has 0 spiro atoms. The lowest BCUT2D eigenvalue weighted by atomic mass is 10.4. The fourth-order valence-corrected chi connectivity index (χ4v) is 2.83. The molecule has 0 saturated carbocycles. The molecule has 0 aliphatic carbocycles. The topological polar surface area (TPSA) is 89.2 Å². The van der Waals surface area contributed by atoms with E-state index in [0.29, 0.717) is 23.2 Å². The fraction of sp³-hybridized carbons (Fsp3) is 0.727. The number of hydrazine groups is 1. The minimum absolute atomic E-state index is 0.0108. The number of hydrogen-bond donors (Lipinski definition) is 2. The number of nitrogens with two attached hydrogens (primary N) is 1. The average molecular weight is 284 g/mol. The fourth-order valence-electron chi connectivity index (χ4n) is 1.82. The number of nitrogens with zero attached hydrogens (tertiary/aromatic N) is 4. The first-order valence-electron chi connectivity index (χ1n) is 6.34. The third-order valence-corrected chi connectivity index (χ3v) is 3.73. The Morgan fingerprint density at radius 2 is 2.21 bits per heavy atom. The molecular weight excluding hydrogens is 264 g/mol. The summed E-state index contributed by atoms with van der Waals surface area (Å²) in [5.74, 6) is 7.40. The molecule has 1 aromatic rings. The van der Waals surface area contributed by atoms with Gasteiger partial charge in [0.15, 0.2) is 0 Å². The van der Waals surface area contributed by atoms with Gasteiger partial charge in [0.25, 0.3) is 0 Å². The maximum atomic E-state index is 5.53. The predicted octanol–water partition coefficient (Wildman–Crippen LogP) is 0.886. The monoisotopic (exact) mass is 284 g/mol. The molecule has 0 amide bonds. The molecule has 1 saturated heterocycles. The van der Waals surface area contributed by atoms with Crippen LogP contribution in [0.3, 0.4) is 0 Å². The zero-order valence-corrected chi connectivity index (χ0v) is 12.3. The van der Waals surface area contributed by atoms with Crippen LogP contribution in [0.4, 0.5) is 11.9 Å². The Labute approximate surface area is 117 Å². The van der Waals surface area contributed by atoms with Crippen molar-refractivity contribution in [2.45, 2.75) is 32.1 Å². The lowest BCUT2D eigenvalue weighted by Crippen LogP contribution is -2.38. The Bertz CT molecular complexity index is 430. The molecule has 0 bridgehead atoms. The third-order valence-electron chi connectivity index (χ3n) is 2.60. The molecule has 19 heavy (non-hydrogen) atoms. The van der Waals surface area contributed by atoms with Gasteiger partial charge in [-0.25, -0.2) is 5.84 Å². The number of rotatable bonds is 4. The highest BCUT2D eigenvalue weighted by atomic mass is 32.2. The van der Waals surface area contributed by atoms with Gasteiger partial charge in [0.1, 0.15) is 0 Å². The summed E-state index contributed by atoms with van der Waals surface area (Å²) in [5, 5.41) is 0.564. The Kier molecular flexibility index (Phi) is 4.65. The van der Waals surface area contributed by atoms with E-state index in [1.165, 1.54) is 0 Å². The second-order valence-corrected chi connectivity index (χ2v) is 6.23. The van der Waals surface area contributed by atoms with Crippen molar-refractivity contribution in [1.82, 2.24) is 15.0 Å². The third kappa shape index (κ3) is 3.84. The van der Waals surface area contributed by atoms with Crippen LogP contribution in [0.25, 0.3) is 0 Å². The van der Waals surface area contributed by atoms with Crippen LogP contribution >= 0.6 is 11.8 Å². The molecular formula is C11H20N6OS. The first kappa shape index (κ1) is 14.1. The summed E-state index contributed by atoms with van der Waals surface area (Å²) in [6, 6.07) is 0.304. The summed E-state index contributed by atoms with van der Waals surface area (Å²) in [6.07, 6.45) is 0.0108.